The minimum absolute atomic E-state index is 0.379. The molecule has 1 rings (SSSR count). The highest BCUT2D eigenvalue weighted by atomic mass is 16.5. The number of ether oxygens (including phenoxy) is 1. The molecule has 1 fully saturated rings. The Kier molecular flexibility index (Phi) is 4.88. The van der Waals surface area contributed by atoms with Gasteiger partial charge >= 0.3 is 0 Å². The minimum atomic E-state index is 0.379. The first-order chi connectivity index (χ1) is 6.76. The van der Waals surface area contributed by atoms with Crippen LogP contribution in [0.4, 0.5) is 0 Å². The van der Waals surface area contributed by atoms with Crippen LogP contribution in [0, 0.1) is 5.92 Å². The van der Waals surface area contributed by atoms with E-state index in [1.807, 2.05) is 13.0 Å². The SMILES string of the molecule is C=CCCC(=O)CC1CC(OCC)C1. The van der Waals surface area contributed by atoms with Gasteiger partial charge in [0.1, 0.15) is 5.78 Å². The summed E-state index contributed by atoms with van der Waals surface area (Å²) in [5.41, 5.74) is 0. The summed E-state index contributed by atoms with van der Waals surface area (Å²) in [6, 6.07) is 0. The molecule has 0 aromatic carbocycles. The fourth-order valence-electron chi connectivity index (χ4n) is 1.90. The molecule has 0 spiro atoms. The zero-order valence-electron chi connectivity index (χ0n) is 9.00. The lowest BCUT2D eigenvalue weighted by Crippen LogP contribution is -2.32. The van der Waals surface area contributed by atoms with E-state index in [1.54, 1.807) is 0 Å². The van der Waals surface area contributed by atoms with Crippen molar-refractivity contribution in [2.45, 2.75) is 45.1 Å². The standard InChI is InChI=1S/C12H20O2/c1-3-5-6-11(13)7-10-8-12(9-10)14-4-2/h3,10,12H,1,4-9H2,2H3. The molecule has 1 aliphatic rings. The second-order valence-corrected chi connectivity index (χ2v) is 3.98. The van der Waals surface area contributed by atoms with Gasteiger partial charge in [-0.05, 0) is 32.1 Å². The van der Waals surface area contributed by atoms with Crippen LogP contribution in [0.5, 0.6) is 0 Å². The van der Waals surface area contributed by atoms with E-state index in [2.05, 4.69) is 6.58 Å². The van der Waals surface area contributed by atoms with Crippen molar-refractivity contribution in [3.8, 4) is 0 Å². The highest BCUT2D eigenvalue weighted by molar-refractivity contribution is 5.78. The maximum Gasteiger partial charge on any atom is 0.133 e. The summed E-state index contributed by atoms with van der Waals surface area (Å²) in [5.74, 6) is 0.966. The van der Waals surface area contributed by atoms with Gasteiger partial charge in [-0.2, -0.15) is 0 Å². The van der Waals surface area contributed by atoms with Crippen molar-refractivity contribution in [1.82, 2.24) is 0 Å². The topological polar surface area (TPSA) is 26.3 Å². The van der Waals surface area contributed by atoms with Crippen LogP contribution in [0.2, 0.25) is 0 Å². The van der Waals surface area contributed by atoms with Crippen LogP contribution in [0.15, 0.2) is 12.7 Å². The Balaban J connectivity index is 2.04. The lowest BCUT2D eigenvalue weighted by Gasteiger charge is -2.34. The molecule has 0 N–H and O–H groups in total. The van der Waals surface area contributed by atoms with Crippen LogP contribution in [-0.2, 0) is 9.53 Å². The minimum Gasteiger partial charge on any atom is -0.378 e. The molecule has 0 amide bonds. The zero-order chi connectivity index (χ0) is 10.4. The van der Waals surface area contributed by atoms with E-state index >= 15 is 0 Å². The molecule has 1 aliphatic carbocycles. The normalized spacial score (nSPS) is 25.5. The Morgan fingerprint density at radius 1 is 1.57 bits per heavy atom. The molecular weight excluding hydrogens is 176 g/mol. The van der Waals surface area contributed by atoms with Crippen LogP contribution in [0.25, 0.3) is 0 Å². The van der Waals surface area contributed by atoms with Crippen molar-refractivity contribution in [2.24, 2.45) is 5.92 Å². The number of carbonyl (C=O) groups is 1. The molecule has 0 radical (unpaired) electrons. The van der Waals surface area contributed by atoms with Crippen molar-refractivity contribution in [3.63, 3.8) is 0 Å². The van der Waals surface area contributed by atoms with Crippen molar-refractivity contribution >= 4 is 5.78 Å². The quantitative estimate of drug-likeness (QED) is 0.585. The predicted octanol–water partition coefficient (Wildman–Crippen LogP) is 2.73. The van der Waals surface area contributed by atoms with E-state index in [-0.39, 0.29) is 0 Å². The Morgan fingerprint density at radius 2 is 2.29 bits per heavy atom. The average Bonchev–Trinajstić information content (AvgIpc) is 2.11. The molecule has 14 heavy (non-hydrogen) atoms. The van der Waals surface area contributed by atoms with E-state index in [0.717, 1.165) is 32.3 Å². The summed E-state index contributed by atoms with van der Waals surface area (Å²) < 4.78 is 5.44. The fourth-order valence-corrected chi connectivity index (χ4v) is 1.90. The first kappa shape index (κ1) is 11.4. The summed E-state index contributed by atoms with van der Waals surface area (Å²) in [6.07, 6.45) is 6.62. The molecule has 80 valence electrons. The molecule has 0 heterocycles. The van der Waals surface area contributed by atoms with Crippen LogP contribution in [-0.4, -0.2) is 18.5 Å². The molecule has 0 aliphatic heterocycles. The average molecular weight is 196 g/mol. The van der Waals surface area contributed by atoms with E-state index in [1.165, 1.54) is 0 Å². The summed E-state index contributed by atoms with van der Waals surface area (Å²) >= 11 is 0. The zero-order valence-corrected chi connectivity index (χ0v) is 9.00. The van der Waals surface area contributed by atoms with Gasteiger partial charge < -0.3 is 4.74 Å². The van der Waals surface area contributed by atoms with Gasteiger partial charge in [-0.15, -0.1) is 6.58 Å². The third-order valence-corrected chi connectivity index (χ3v) is 2.74. The van der Waals surface area contributed by atoms with Gasteiger partial charge in [0.25, 0.3) is 0 Å². The summed E-state index contributed by atoms with van der Waals surface area (Å²) in [4.78, 5) is 11.4. The first-order valence-electron chi connectivity index (χ1n) is 5.50. The van der Waals surface area contributed by atoms with Crippen LogP contribution in [0.3, 0.4) is 0 Å². The smallest absolute Gasteiger partial charge is 0.133 e. The molecule has 0 aromatic rings. The van der Waals surface area contributed by atoms with E-state index < -0.39 is 0 Å². The number of Topliss-reactive ketones (excluding diaryl/α,β-unsaturated/α-hetero) is 1. The third kappa shape index (κ3) is 3.62. The second-order valence-electron chi connectivity index (χ2n) is 3.98. The molecule has 0 atom stereocenters. The second kappa shape index (κ2) is 5.97. The van der Waals surface area contributed by atoms with Crippen LogP contribution >= 0.6 is 0 Å². The predicted molar refractivity (Wildman–Crippen MR) is 57.2 cm³/mol. The van der Waals surface area contributed by atoms with Gasteiger partial charge in [-0.3, -0.25) is 4.79 Å². The van der Waals surface area contributed by atoms with Gasteiger partial charge in [-0.25, -0.2) is 0 Å². The van der Waals surface area contributed by atoms with Crippen molar-refractivity contribution in [2.75, 3.05) is 6.61 Å². The van der Waals surface area contributed by atoms with E-state index in [0.29, 0.717) is 24.2 Å². The van der Waals surface area contributed by atoms with Gasteiger partial charge in [0, 0.05) is 19.4 Å². The first-order valence-corrected chi connectivity index (χ1v) is 5.50. The number of hydrogen-bond acceptors (Lipinski definition) is 2. The van der Waals surface area contributed by atoms with Crippen molar-refractivity contribution < 1.29 is 9.53 Å². The summed E-state index contributed by atoms with van der Waals surface area (Å²) in [6.45, 7) is 6.42. The molecule has 0 bridgehead atoms. The molecule has 2 heteroatoms. The lowest BCUT2D eigenvalue weighted by molar-refractivity contribution is -0.122. The highest BCUT2D eigenvalue weighted by Gasteiger charge is 2.30. The Morgan fingerprint density at radius 3 is 2.86 bits per heavy atom. The Hall–Kier alpha value is -0.630. The molecule has 1 saturated carbocycles. The maximum absolute atomic E-state index is 11.4. The van der Waals surface area contributed by atoms with Gasteiger partial charge in [0.05, 0.1) is 6.10 Å². The molecule has 0 aromatic heterocycles. The number of carbonyl (C=O) groups excluding carboxylic acids is 1. The fraction of sp³-hybridized carbons (Fsp3) is 0.750. The molecule has 2 nitrogen and oxygen atoms in total. The highest BCUT2D eigenvalue weighted by Crippen LogP contribution is 2.33. The maximum atomic E-state index is 11.4. The number of hydrogen-bond donors (Lipinski definition) is 0. The number of rotatable bonds is 7. The summed E-state index contributed by atoms with van der Waals surface area (Å²) in [7, 11) is 0. The molecular formula is C12H20O2. The summed E-state index contributed by atoms with van der Waals surface area (Å²) in [5, 5.41) is 0. The van der Waals surface area contributed by atoms with Crippen molar-refractivity contribution in [3.05, 3.63) is 12.7 Å². The number of ketones is 1. The van der Waals surface area contributed by atoms with Gasteiger partial charge in [-0.1, -0.05) is 6.08 Å². The number of allylic oxidation sites excluding steroid dienone is 1. The van der Waals surface area contributed by atoms with Gasteiger partial charge in [0.2, 0.25) is 0 Å². The Labute approximate surface area is 86.3 Å². The van der Waals surface area contributed by atoms with Crippen molar-refractivity contribution in [1.29, 1.82) is 0 Å². The molecule has 0 saturated heterocycles. The molecule has 0 unspecified atom stereocenters. The third-order valence-electron chi connectivity index (χ3n) is 2.74. The lowest BCUT2D eigenvalue weighted by atomic mass is 9.78. The largest absolute Gasteiger partial charge is 0.378 e. The Bertz CT molecular complexity index is 192. The monoisotopic (exact) mass is 196 g/mol. The van der Waals surface area contributed by atoms with E-state index in [4.69, 9.17) is 4.74 Å². The van der Waals surface area contributed by atoms with Crippen LogP contribution in [0.1, 0.15) is 39.0 Å². The van der Waals surface area contributed by atoms with Crippen LogP contribution < -0.4 is 0 Å². The van der Waals surface area contributed by atoms with Gasteiger partial charge in [0.15, 0.2) is 0 Å². The van der Waals surface area contributed by atoms with E-state index in [9.17, 15) is 4.79 Å².